The number of carbonyl (C=O) groups is 5. The van der Waals surface area contributed by atoms with Gasteiger partial charge in [0.15, 0.2) is 0 Å². The van der Waals surface area contributed by atoms with Crippen LogP contribution in [0.2, 0.25) is 0 Å². The van der Waals surface area contributed by atoms with Crippen molar-refractivity contribution < 1.29 is 28.7 Å². The Kier molecular flexibility index (Phi) is 4.25. The predicted molar refractivity (Wildman–Crippen MR) is 91.0 cm³/mol. The SMILES string of the molecule is O=C1CCC(Oc2ccc3c(c2)C(=O)N(C2CCC(=O)NC2=O)C3=O)CC1. The molecule has 0 radical (unpaired) electrons. The fourth-order valence-corrected chi connectivity index (χ4v) is 3.75. The number of fused-ring (bicyclic) bond motifs is 1. The number of rotatable bonds is 3. The van der Waals surface area contributed by atoms with Gasteiger partial charge in [0.1, 0.15) is 17.6 Å². The molecule has 2 fully saturated rings. The summed E-state index contributed by atoms with van der Waals surface area (Å²) >= 11 is 0. The Morgan fingerprint density at radius 2 is 1.59 bits per heavy atom. The molecule has 140 valence electrons. The molecule has 2 heterocycles. The maximum Gasteiger partial charge on any atom is 0.262 e. The lowest BCUT2D eigenvalue weighted by Crippen LogP contribution is -2.54. The second-order valence-corrected chi connectivity index (χ2v) is 7.01. The summed E-state index contributed by atoms with van der Waals surface area (Å²) in [4.78, 5) is 61.0. The van der Waals surface area contributed by atoms with Crippen molar-refractivity contribution in [1.82, 2.24) is 10.2 Å². The minimum absolute atomic E-state index is 0.0819. The van der Waals surface area contributed by atoms with E-state index >= 15 is 0 Å². The van der Waals surface area contributed by atoms with Crippen LogP contribution in [0.1, 0.15) is 59.2 Å². The van der Waals surface area contributed by atoms with E-state index in [1.807, 2.05) is 0 Å². The largest absolute Gasteiger partial charge is 0.490 e. The first-order chi connectivity index (χ1) is 12.9. The van der Waals surface area contributed by atoms with Crippen molar-refractivity contribution in [3.63, 3.8) is 0 Å². The van der Waals surface area contributed by atoms with Gasteiger partial charge in [-0.05, 0) is 37.5 Å². The van der Waals surface area contributed by atoms with Crippen molar-refractivity contribution >= 4 is 29.4 Å². The molecule has 1 saturated carbocycles. The summed E-state index contributed by atoms with van der Waals surface area (Å²) in [6.07, 6.45) is 2.33. The molecule has 1 N–H and O–H groups in total. The van der Waals surface area contributed by atoms with Crippen LogP contribution in [0.5, 0.6) is 5.75 Å². The fraction of sp³-hybridized carbons (Fsp3) is 0.421. The van der Waals surface area contributed by atoms with Crippen LogP contribution in [0, 0.1) is 0 Å². The van der Waals surface area contributed by atoms with E-state index in [9.17, 15) is 24.0 Å². The maximum absolute atomic E-state index is 12.8. The lowest BCUT2D eigenvalue weighted by atomic mass is 9.96. The van der Waals surface area contributed by atoms with E-state index in [2.05, 4.69) is 5.32 Å². The molecule has 0 spiro atoms. The number of nitrogens with zero attached hydrogens (tertiary/aromatic N) is 1. The van der Waals surface area contributed by atoms with Gasteiger partial charge in [-0.15, -0.1) is 0 Å². The van der Waals surface area contributed by atoms with Crippen LogP contribution in [0.3, 0.4) is 0 Å². The summed E-state index contributed by atoms with van der Waals surface area (Å²) in [6.45, 7) is 0. The average molecular weight is 370 g/mol. The normalized spacial score (nSPS) is 23.5. The number of carbonyl (C=O) groups excluding carboxylic acids is 5. The molecule has 4 rings (SSSR count). The molecular formula is C19H18N2O6. The standard InChI is InChI=1S/C19H18N2O6/c22-10-1-3-11(4-2-10)27-12-5-6-13-14(9-12)19(26)21(18(13)25)15-7-8-16(23)20-17(15)24/h5-6,9,11,15H,1-4,7-8H2,(H,20,23,24). The van der Waals surface area contributed by atoms with Crippen molar-refractivity contribution in [1.29, 1.82) is 0 Å². The van der Waals surface area contributed by atoms with Crippen LogP contribution in [0.4, 0.5) is 0 Å². The highest BCUT2D eigenvalue weighted by Crippen LogP contribution is 2.31. The summed E-state index contributed by atoms with van der Waals surface area (Å²) in [5.74, 6) is -1.46. The number of ketones is 1. The maximum atomic E-state index is 12.8. The number of piperidine rings is 1. The van der Waals surface area contributed by atoms with Crippen molar-refractivity contribution in [2.75, 3.05) is 0 Å². The smallest absolute Gasteiger partial charge is 0.262 e. The summed E-state index contributed by atoms with van der Waals surface area (Å²) in [5, 5.41) is 2.17. The molecular weight excluding hydrogens is 352 g/mol. The zero-order chi connectivity index (χ0) is 19.1. The molecule has 1 unspecified atom stereocenters. The summed E-state index contributed by atoms with van der Waals surface area (Å²) in [5.41, 5.74) is 0.407. The Morgan fingerprint density at radius 3 is 2.30 bits per heavy atom. The lowest BCUT2D eigenvalue weighted by molar-refractivity contribution is -0.136. The monoisotopic (exact) mass is 370 g/mol. The van der Waals surface area contributed by atoms with Gasteiger partial charge in [0, 0.05) is 19.3 Å². The number of Topliss-reactive ketones (excluding diaryl/α,β-unsaturated/α-hetero) is 1. The molecule has 1 aromatic rings. The molecule has 3 aliphatic rings. The quantitative estimate of drug-likeness (QED) is 0.794. The van der Waals surface area contributed by atoms with Gasteiger partial charge in [-0.3, -0.25) is 34.2 Å². The molecule has 0 aromatic heterocycles. The average Bonchev–Trinajstić information content (AvgIpc) is 2.88. The minimum atomic E-state index is -0.983. The number of ether oxygens (including phenoxy) is 1. The van der Waals surface area contributed by atoms with Crippen LogP contribution in [-0.2, 0) is 14.4 Å². The van der Waals surface area contributed by atoms with Gasteiger partial charge in [0.05, 0.1) is 17.2 Å². The third kappa shape index (κ3) is 3.11. The van der Waals surface area contributed by atoms with E-state index in [0.29, 0.717) is 31.4 Å². The molecule has 1 saturated heterocycles. The van der Waals surface area contributed by atoms with Gasteiger partial charge in [-0.25, -0.2) is 0 Å². The van der Waals surface area contributed by atoms with Gasteiger partial charge in [-0.2, -0.15) is 0 Å². The molecule has 0 bridgehead atoms. The summed E-state index contributed by atoms with van der Waals surface area (Å²) in [7, 11) is 0. The van der Waals surface area contributed by atoms with Crippen molar-refractivity contribution in [2.24, 2.45) is 0 Å². The Hall–Kier alpha value is -3.03. The van der Waals surface area contributed by atoms with E-state index in [0.717, 1.165) is 4.90 Å². The highest BCUT2D eigenvalue weighted by atomic mass is 16.5. The molecule has 27 heavy (non-hydrogen) atoms. The van der Waals surface area contributed by atoms with E-state index in [1.54, 1.807) is 6.07 Å². The van der Waals surface area contributed by atoms with Crippen molar-refractivity contribution in [2.45, 2.75) is 50.7 Å². The Balaban J connectivity index is 1.54. The second-order valence-electron chi connectivity index (χ2n) is 7.01. The van der Waals surface area contributed by atoms with Gasteiger partial charge in [0.25, 0.3) is 11.8 Å². The third-order valence-corrected chi connectivity index (χ3v) is 5.20. The predicted octanol–water partition coefficient (Wildman–Crippen LogP) is 0.978. The Bertz CT molecular complexity index is 867. The van der Waals surface area contributed by atoms with Crippen LogP contribution in [-0.4, -0.2) is 46.5 Å². The van der Waals surface area contributed by atoms with Gasteiger partial charge < -0.3 is 4.74 Å². The zero-order valence-corrected chi connectivity index (χ0v) is 14.5. The molecule has 1 atom stereocenters. The minimum Gasteiger partial charge on any atom is -0.490 e. The number of hydrogen-bond donors (Lipinski definition) is 1. The van der Waals surface area contributed by atoms with Gasteiger partial charge in [-0.1, -0.05) is 0 Å². The van der Waals surface area contributed by atoms with E-state index in [1.165, 1.54) is 12.1 Å². The number of imide groups is 2. The number of benzene rings is 1. The van der Waals surface area contributed by atoms with Crippen LogP contribution >= 0.6 is 0 Å². The molecule has 8 heteroatoms. The molecule has 2 aliphatic heterocycles. The summed E-state index contributed by atoms with van der Waals surface area (Å²) in [6, 6.07) is 3.67. The van der Waals surface area contributed by atoms with E-state index in [-0.39, 0.29) is 35.9 Å². The number of amides is 4. The van der Waals surface area contributed by atoms with E-state index < -0.39 is 29.7 Å². The van der Waals surface area contributed by atoms with Crippen LogP contribution in [0.15, 0.2) is 18.2 Å². The van der Waals surface area contributed by atoms with Crippen molar-refractivity contribution in [3.8, 4) is 5.75 Å². The zero-order valence-electron chi connectivity index (χ0n) is 14.5. The third-order valence-electron chi connectivity index (χ3n) is 5.20. The molecule has 4 amide bonds. The highest BCUT2D eigenvalue weighted by molar-refractivity contribution is 6.23. The van der Waals surface area contributed by atoms with Crippen molar-refractivity contribution in [3.05, 3.63) is 29.3 Å². The second kappa shape index (κ2) is 6.61. The first-order valence-electron chi connectivity index (χ1n) is 8.98. The van der Waals surface area contributed by atoms with Gasteiger partial charge >= 0.3 is 0 Å². The fourth-order valence-electron chi connectivity index (χ4n) is 3.75. The number of nitrogens with one attached hydrogen (secondary N) is 1. The topological polar surface area (TPSA) is 110 Å². The molecule has 1 aromatic carbocycles. The number of hydrogen-bond acceptors (Lipinski definition) is 6. The highest BCUT2D eigenvalue weighted by Gasteiger charge is 2.44. The first kappa shape index (κ1) is 17.4. The van der Waals surface area contributed by atoms with Crippen LogP contribution in [0.25, 0.3) is 0 Å². The Labute approximate surface area is 154 Å². The molecule has 1 aliphatic carbocycles. The molecule has 8 nitrogen and oxygen atoms in total. The Morgan fingerprint density at radius 1 is 0.889 bits per heavy atom. The lowest BCUT2D eigenvalue weighted by Gasteiger charge is -2.27. The van der Waals surface area contributed by atoms with E-state index in [4.69, 9.17) is 4.74 Å². The first-order valence-corrected chi connectivity index (χ1v) is 8.98. The summed E-state index contributed by atoms with van der Waals surface area (Å²) < 4.78 is 5.87. The van der Waals surface area contributed by atoms with Gasteiger partial charge in [0.2, 0.25) is 11.8 Å². The van der Waals surface area contributed by atoms with Crippen LogP contribution < -0.4 is 10.1 Å².